The minimum atomic E-state index is -6.04. The number of fused-ring (bicyclic) bond motifs is 2. The van der Waals surface area contributed by atoms with Crippen molar-refractivity contribution >= 4 is 5.97 Å². The van der Waals surface area contributed by atoms with Crippen LogP contribution in [0.5, 0.6) is 0 Å². The summed E-state index contributed by atoms with van der Waals surface area (Å²) in [6, 6.07) is 0. The molecule has 0 aromatic carbocycles. The Hall–Kier alpha value is -1.24. The molecule has 0 saturated carbocycles. The van der Waals surface area contributed by atoms with Crippen LogP contribution in [0.3, 0.4) is 0 Å². The van der Waals surface area contributed by atoms with Crippen LogP contribution in [0.15, 0.2) is 0 Å². The number of carbonyl (C=O) groups is 1. The molecule has 176 valence electrons. The molecule has 2 heterocycles. The Morgan fingerprint density at radius 3 is 1.93 bits per heavy atom. The van der Waals surface area contributed by atoms with Gasteiger partial charge in [0, 0.05) is 6.42 Å². The molecule has 2 bridgehead atoms. The smallest absolute Gasteiger partial charge is 0.426 e. The van der Waals surface area contributed by atoms with Crippen molar-refractivity contribution in [1.82, 2.24) is 0 Å². The lowest BCUT2D eigenvalue weighted by Crippen LogP contribution is -2.59. The number of esters is 1. The molecule has 0 radical (unpaired) electrons. The van der Waals surface area contributed by atoms with Crippen molar-refractivity contribution < 1.29 is 58.9 Å². The number of carbonyl (C=O) groups excluding carboxylic acids is 1. The van der Waals surface area contributed by atoms with E-state index in [1.54, 1.807) is 0 Å². The minimum Gasteiger partial charge on any atom is -0.456 e. The molecular formula is C17H21F9O4. The number of halogens is 9. The van der Waals surface area contributed by atoms with Crippen LogP contribution >= 0.6 is 0 Å². The third-order valence-electron chi connectivity index (χ3n) is 6.17. The highest BCUT2D eigenvalue weighted by atomic mass is 19.4. The molecule has 0 aliphatic carbocycles. The lowest BCUT2D eigenvalue weighted by atomic mass is 9.73. The molecule has 0 spiro atoms. The first kappa shape index (κ1) is 25.0. The molecular weight excluding hydrogens is 439 g/mol. The molecule has 0 aromatic heterocycles. The van der Waals surface area contributed by atoms with Crippen LogP contribution in [-0.2, 0) is 14.3 Å². The first-order valence-corrected chi connectivity index (χ1v) is 9.03. The average Bonchev–Trinajstić information content (AvgIpc) is 3.06. The zero-order valence-electron chi connectivity index (χ0n) is 16.1. The third kappa shape index (κ3) is 3.87. The molecule has 30 heavy (non-hydrogen) atoms. The van der Waals surface area contributed by atoms with E-state index in [4.69, 9.17) is 9.47 Å². The Bertz CT molecular complexity index is 658. The molecule has 5 unspecified atom stereocenters. The lowest BCUT2D eigenvalue weighted by Gasteiger charge is -2.41. The SMILES string of the molecule is CCC(C)(C(=O)OC1(C)CC2CC(CC(O)(C(F)(F)F)C(F)(F)F)C1O2)C(F)(F)F. The van der Waals surface area contributed by atoms with E-state index in [0.717, 1.165) is 13.8 Å². The molecule has 2 saturated heterocycles. The van der Waals surface area contributed by atoms with E-state index >= 15 is 0 Å². The summed E-state index contributed by atoms with van der Waals surface area (Å²) >= 11 is 0. The second-order valence-corrected chi connectivity index (χ2v) is 8.32. The topological polar surface area (TPSA) is 55.8 Å². The number of ether oxygens (including phenoxy) is 2. The normalized spacial score (nSPS) is 32.2. The van der Waals surface area contributed by atoms with Crippen molar-refractivity contribution in [3.63, 3.8) is 0 Å². The van der Waals surface area contributed by atoms with Crippen LogP contribution in [0.4, 0.5) is 39.5 Å². The Kier molecular flexibility index (Phi) is 5.96. The summed E-state index contributed by atoms with van der Waals surface area (Å²) in [5.41, 5.74) is -9.82. The van der Waals surface area contributed by atoms with Crippen molar-refractivity contribution in [3.8, 4) is 0 Å². The van der Waals surface area contributed by atoms with Crippen LogP contribution in [0.2, 0.25) is 0 Å². The maximum atomic E-state index is 13.3. The monoisotopic (exact) mass is 460 g/mol. The zero-order chi connectivity index (χ0) is 23.6. The summed E-state index contributed by atoms with van der Waals surface area (Å²) in [7, 11) is 0. The second kappa shape index (κ2) is 7.14. The summed E-state index contributed by atoms with van der Waals surface area (Å²) in [6.07, 6.45) is -22.5. The lowest BCUT2D eigenvalue weighted by molar-refractivity contribution is -0.373. The highest BCUT2D eigenvalue weighted by Gasteiger charge is 2.72. The van der Waals surface area contributed by atoms with Crippen LogP contribution in [-0.4, -0.2) is 53.0 Å². The molecule has 0 aromatic rings. The Balaban J connectivity index is 2.28. The largest absolute Gasteiger partial charge is 0.456 e. The van der Waals surface area contributed by atoms with Gasteiger partial charge in [-0.3, -0.25) is 4.79 Å². The molecule has 1 N–H and O–H groups in total. The average molecular weight is 460 g/mol. The summed E-state index contributed by atoms with van der Waals surface area (Å²) in [6.45, 7) is 2.79. The molecule has 4 nitrogen and oxygen atoms in total. The maximum Gasteiger partial charge on any atom is 0.426 e. The molecule has 2 rings (SSSR count). The van der Waals surface area contributed by atoms with E-state index < -0.39 is 72.1 Å². The quantitative estimate of drug-likeness (QED) is 0.478. The van der Waals surface area contributed by atoms with Gasteiger partial charge in [0.15, 0.2) is 5.41 Å². The van der Waals surface area contributed by atoms with Crippen LogP contribution in [0.25, 0.3) is 0 Å². The van der Waals surface area contributed by atoms with Gasteiger partial charge in [-0.2, -0.15) is 39.5 Å². The van der Waals surface area contributed by atoms with Crippen molar-refractivity contribution in [3.05, 3.63) is 0 Å². The fraction of sp³-hybridized carbons (Fsp3) is 0.941. The fourth-order valence-electron chi connectivity index (χ4n) is 4.02. The van der Waals surface area contributed by atoms with Crippen molar-refractivity contribution in [2.45, 2.75) is 88.4 Å². The zero-order valence-corrected chi connectivity index (χ0v) is 16.1. The minimum absolute atomic E-state index is 0.186. The van der Waals surface area contributed by atoms with Crippen molar-refractivity contribution in [1.29, 1.82) is 0 Å². The Morgan fingerprint density at radius 2 is 1.57 bits per heavy atom. The predicted octanol–water partition coefficient (Wildman–Crippen LogP) is 4.69. The summed E-state index contributed by atoms with van der Waals surface area (Å²) in [5, 5.41) is 9.44. The number of hydrogen-bond acceptors (Lipinski definition) is 4. The van der Waals surface area contributed by atoms with Gasteiger partial charge < -0.3 is 14.6 Å². The summed E-state index contributed by atoms with van der Waals surface area (Å²) in [5.74, 6) is -3.25. The van der Waals surface area contributed by atoms with Gasteiger partial charge >= 0.3 is 24.5 Å². The van der Waals surface area contributed by atoms with Crippen LogP contribution < -0.4 is 0 Å². The number of rotatable bonds is 5. The van der Waals surface area contributed by atoms with Gasteiger partial charge in [-0.1, -0.05) is 6.92 Å². The molecule has 0 amide bonds. The summed E-state index contributed by atoms with van der Waals surface area (Å²) < 4.78 is 128. The second-order valence-electron chi connectivity index (χ2n) is 8.32. The fourth-order valence-corrected chi connectivity index (χ4v) is 4.02. The van der Waals surface area contributed by atoms with Crippen molar-refractivity contribution in [2.24, 2.45) is 11.3 Å². The van der Waals surface area contributed by atoms with E-state index in [9.17, 15) is 49.4 Å². The number of hydrogen-bond donors (Lipinski definition) is 1. The highest BCUT2D eigenvalue weighted by molar-refractivity contribution is 5.78. The molecule has 13 heteroatoms. The first-order chi connectivity index (χ1) is 13.2. The molecule has 5 atom stereocenters. The molecule has 2 aliphatic rings. The van der Waals surface area contributed by atoms with Crippen LogP contribution in [0, 0.1) is 11.3 Å². The Labute approximate surface area is 165 Å². The Morgan fingerprint density at radius 1 is 1.07 bits per heavy atom. The van der Waals surface area contributed by atoms with Gasteiger partial charge in [0.2, 0.25) is 0 Å². The number of alkyl halides is 9. The highest BCUT2D eigenvalue weighted by Crippen LogP contribution is 2.55. The third-order valence-corrected chi connectivity index (χ3v) is 6.17. The van der Waals surface area contributed by atoms with Gasteiger partial charge in [-0.25, -0.2) is 0 Å². The predicted molar refractivity (Wildman–Crippen MR) is 82.0 cm³/mol. The van der Waals surface area contributed by atoms with E-state index in [2.05, 4.69) is 0 Å². The van der Waals surface area contributed by atoms with Gasteiger partial charge in [0.25, 0.3) is 5.60 Å². The maximum absolute atomic E-state index is 13.3. The van der Waals surface area contributed by atoms with Gasteiger partial charge in [-0.15, -0.1) is 0 Å². The van der Waals surface area contributed by atoms with E-state index in [-0.39, 0.29) is 12.8 Å². The van der Waals surface area contributed by atoms with Gasteiger partial charge in [0.1, 0.15) is 11.7 Å². The van der Waals surface area contributed by atoms with E-state index in [0.29, 0.717) is 6.92 Å². The molecule has 2 aliphatic heterocycles. The summed E-state index contributed by atoms with van der Waals surface area (Å²) in [4.78, 5) is 12.3. The van der Waals surface area contributed by atoms with E-state index in [1.165, 1.54) is 0 Å². The number of aliphatic hydroxyl groups is 1. The first-order valence-electron chi connectivity index (χ1n) is 9.03. The molecule has 2 fully saturated rings. The van der Waals surface area contributed by atoms with Gasteiger partial charge in [-0.05, 0) is 39.0 Å². The van der Waals surface area contributed by atoms with E-state index in [1.807, 2.05) is 0 Å². The van der Waals surface area contributed by atoms with Gasteiger partial charge in [0.05, 0.1) is 6.10 Å². The standard InChI is InChI=1S/C17H21F9O4/c1-4-12(2,15(18,19)20)11(27)30-13(3)7-9-5-8(10(13)29-9)6-14(28,16(21,22)23)17(24,25)26/h8-10,28H,4-7H2,1-3H3. The van der Waals surface area contributed by atoms with Crippen LogP contribution in [0.1, 0.15) is 46.5 Å². The van der Waals surface area contributed by atoms with Crippen molar-refractivity contribution in [2.75, 3.05) is 0 Å².